The quantitative estimate of drug-likeness (QED) is 0.664. The van der Waals surface area contributed by atoms with Gasteiger partial charge in [-0.2, -0.15) is 0 Å². The zero-order valence-electron chi connectivity index (χ0n) is 13.5. The van der Waals surface area contributed by atoms with Crippen molar-refractivity contribution < 1.29 is 14.7 Å². The number of aliphatic carboxylic acids is 1. The molecule has 0 aliphatic heterocycles. The van der Waals surface area contributed by atoms with Crippen LogP contribution in [-0.4, -0.2) is 17.9 Å². The highest BCUT2D eigenvalue weighted by atomic mass is 16.4. The van der Waals surface area contributed by atoms with Crippen LogP contribution in [0.15, 0.2) is 0 Å². The molecule has 4 nitrogen and oxygen atoms in total. The molecule has 1 aliphatic rings. The van der Waals surface area contributed by atoms with Gasteiger partial charge in [0, 0.05) is 24.3 Å². The molecular formula is C17H30NO3-. The number of unbranched alkanes of at least 4 members (excludes halogenated alkanes) is 2. The summed E-state index contributed by atoms with van der Waals surface area (Å²) in [4.78, 5) is 23.3. The normalized spacial score (nSPS) is 19.0. The first-order chi connectivity index (χ1) is 10.0. The monoisotopic (exact) mass is 296 g/mol. The van der Waals surface area contributed by atoms with Crippen molar-refractivity contribution in [2.45, 2.75) is 84.1 Å². The number of carboxylic acids is 1. The average Bonchev–Trinajstić information content (AvgIpc) is 2.44. The number of carboxylic acid groups (broad SMARTS) is 1. The van der Waals surface area contributed by atoms with Crippen LogP contribution >= 0.6 is 0 Å². The Hall–Kier alpha value is -1.06. The topological polar surface area (TPSA) is 69.2 Å². The lowest BCUT2D eigenvalue weighted by molar-refractivity contribution is -0.313. The predicted octanol–water partition coefficient (Wildman–Crippen LogP) is 2.41. The van der Waals surface area contributed by atoms with Gasteiger partial charge < -0.3 is 15.2 Å². The third-order valence-electron chi connectivity index (χ3n) is 4.59. The Balaban J connectivity index is 2.37. The molecule has 0 spiro atoms. The molecule has 1 saturated carbocycles. The van der Waals surface area contributed by atoms with Crippen LogP contribution in [0.3, 0.4) is 0 Å². The minimum absolute atomic E-state index is 0.00357. The Morgan fingerprint density at radius 3 is 2.43 bits per heavy atom. The molecule has 1 N–H and O–H groups in total. The molecule has 2 atom stereocenters. The van der Waals surface area contributed by atoms with Crippen LogP contribution in [0.25, 0.3) is 0 Å². The van der Waals surface area contributed by atoms with E-state index in [1.54, 1.807) is 0 Å². The maximum absolute atomic E-state index is 12.1. The van der Waals surface area contributed by atoms with E-state index in [1.807, 2.05) is 6.92 Å². The third kappa shape index (κ3) is 6.96. The second kappa shape index (κ2) is 9.80. The zero-order chi connectivity index (χ0) is 15.7. The Kier molecular flexibility index (Phi) is 8.40. The molecule has 1 fully saturated rings. The maximum Gasteiger partial charge on any atom is 0.220 e. The summed E-state index contributed by atoms with van der Waals surface area (Å²) in [6.45, 7) is 3.95. The fraction of sp³-hybridized carbons (Fsp3) is 0.882. The average molecular weight is 296 g/mol. The van der Waals surface area contributed by atoms with E-state index >= 15 is 0 Å². The Bertz CT molecular complexity index is 324. The molecule has 122 valence electrons. The van der Waals surface area contributed by atoms with Crippen molar-refractivity contribution in [3.63, 3.8) is 0 Å². The van der Waals surface area contributed by atoms with Gasteiger partial charge in [0.15, 0.2) is 0 Å². The number of rotatable bonds is 9. The van der Waals surface area contributed by atoms with E-state index in [9.17, 15) is 14.7 Å². The lowest BCUT2D eigenvalue weighted by Crippen LogP contribution is -2.40. The van der Waals surface area contributed by atoms with E-state index in [-0.39, 0.29) is 11.8 Å². The van der Waals surface area contributed by atoms with Crippen molar-refractivity contribution in [1.82, 2.24) is 5.32 Å². The van der Waals surface area contributed by atoms with Crippen LogP contribution in [0.2, 0.25) is 0 Å². The van der Waals surface area contributed by atoms with Crippen LogP contribution < -0.4 is 10.4 Å². The molecule has 0 aromatic carbocycles. The molecule has 1 rings (SSSR count). The fourth-order valence-electron chi connectivity index (χ4n) is 3.22. The number of nitrogens with one attached hydrogen (secondary N) is 1. The SMILES string of the molecule is CCCCC[C@H](C(=O)[O-])[C@@H](C)CC(=O)NC1CCCCC1. The molecule has 0 bridgehead atoms. The van der Waals surface area contributed by atoms with Gasteiger partial charge in [0.1, 0.15) is 0 Å². The molecule has 0 unspecified atom stereocenters. The number of amides is 1. The van der Waals surface area contributed by atoms with Crippen LogP contribution in [-0.2, 0) is 9.59 Å². The summed E-state index contributed by atoms with van der Waals surface area (Å²) in [7, 11) is 0. The number of carbonyl (C=O) groups excluding carboxylic acids is 2. The molecular weight excluding hydrogens is 266 g/mol. The van der Waals surface area contributed by atoms with Crippen LogP contribution in [0.5, 0.6) is 0 Å². The first-order valence-electron chi connectivity index (χ1n) is 8.54. The Morgan fingerprint density at radius 1 is 1.19 bits per heavy atom. The molecule has 0 radical (unpaired) electrons. The molecule has 4 heteroatoms. The van der Waals surface area contributed by atoms with Gasteiger partial charge in [0.2, 0.25) is 5.91 Å². The van der Waals surface area contributed by atoms with Gasteiger partial charge in [-0.3, -0.25) is 4.79 Å². The van der Waals surface area contributed by atoms with Gasteiger partial charge >= 0.3 is 0 Å². The number of hydrogen-bond donors (Lipinski definition) is 1. The molecule has 0 saturated heterocycles. The van der Waals surface area contributed by atoms with E-state index in [4.69, 9.17) is 0 Å². The Morgan fingerprint density at radius 2 is 1.86 bits per heavy atom. The van der Waals surface area contributed by atoms with Crippen molar-refractivity contribution in [3.8, 4) is 0 Å². The van der Waals surface area contributed by atoms with Crippen LogP contribution in [0.4, 0.5) is 0 Å². The summed E-state index contributed by atoms with van der Waals surface area (Å²) in [6, 6.07) is 0.292. The summed E-state index contributed by atoms with van der Waals surface area (Å²) in [5.41, 5.74) is 0. The highest BCUT2D eigenvalue weighted by Crippen LogP contribution is 2.23. The molecule has 0 aromatic heterocycles. The molecule has 1 aliphatic carbocycles. The van der Waals surface area contributed by atoms with E-state index in [0.29, 0.717) is 18.9 Å². The fourth-order valence-corrected chi connectivity index (χ4v) is 3.22. The lowest BCUT2D eigenvalue weighted by atomic mass is 9.86. The van der Waals surface area contributed by atoms with E-state index in [0.717, 1.165) is 32.1 Å². The molecule has 0 heterocycles. The van der Waals surface area contributed by atoms with Gasteiger partial charge in [-0.15, -0.1) is 0 Å². The van der Waals surface area contributed by atoms with Crippen molar-refractivity contribution >= 4 is 11.9 Å². The van der Waals surface area contributed by atoms with Crippen molar-refractivity contribution in [3.05, 3.63) is 0 Å². The minimum atomic E-state index is -1.01. The summed E-state index contributed by atoms with van der Waals surface area (Å²) in [6.07, 6.45) is 9.63. The second-order valence-corrected chi connectivity index (χ2v) is 6.51. The molecule has 1 amide bonds. The standard InChI is InChI=1S/C17H31NO3/c1-3-4-6-11-15(17(20)21)13(2)12-16(19)18-14-9-7-5-8-10-14/h13-15H,3-12H2,1-2H3,(H,18,19)(H,20,21)/p-1/t13-,15-/m0/s1. The largest absolute Gasteiger partial charge is 0.550 e. The summed E-state index contributed by atoms with van der Waals surface area (Å²) >= 11 is 0. The first-order valence-corrected chi connectivity index (χ1v) is 8.54. The molecule has 21 heavy (non-hydrogen) atoms. The summed E-state index contributed by atoms with van der Waals surface area (Å²) in [5.74, 6) is -1.68. The predicted molar refractivity (Wildman–Crippen MR) is 81.4 cm³/mol. The zero-order valence-corrected chi connectivity index (χ0v) is 13.5. The summed E-state index contributed by atoms with van der Waals surface area (Å²) < 4.78 is 0. The van der Waals surface area contributed by atoms with E-state index < -0.39 is 11.9 Å². The molecule has 0 aromatic rings. The highest BCUT2D eigenvalue weighted by molar-refractivity contribution is 5.77. The van der Waals surface area contributed by atoms with Crippen LogP contribution in [0.1, 0.15) is 78.1 Å². The minimum Gasteiger partial charge on any atom is -0.550 e. The number of carbonyl (C=O) groups is 2. The number of hydrogen-bond acceptors (Lipinski definition) is 3. The van der Waals surface area contributed by atoms with Crippen molar-refractivity contribution in [1.29, 1.82) is 0 Å². The van der Waals surface area contributed by atoms with Gasteiger partial charge in [-0.1, -0.05) is 52.4 Å². The van der Waals surface area contributed by atoms with Gasteiger partial charge in [-0.25, -0.2) is 0 Å². The van der Waals surface area contributed by atoms with E-state index in [1.165, 1.54) is 19.3 Å². The van der Waals surface area contributed by atoms with Gasteiger partial charge in [0.05, 0.1) is 0 Å². The first kappa shape index (κ1) is 18.0. The third-order valence-corrected chi connectivity index (χ3v) is 4.59. The Labute approximate surface area is 128 Å². The van der Waals surface area contributed by atoms with E-state index in [2.05, 4.69) is 12.2 Å². The maximum atomic E-state index is 12.1. The lowest BCUT2D eigenvalue weighted by Gasteiger charge is -2.27. The second-order valence-electron chi connectivity index (χ2n) is 6.51. The van der Waals surface area contributed by atoms with Gasteiger partial charge in [-0.05, 0) is 25.2 Å². The highest BCUT2D eigenvalue weighted by Gasteiger charge is 2.22. The van der Waals surface area contributed by atoms with Crippen molar-refractivity contribution in [2.75, 3.05) is 0 Å². The van der Waals surface area contributed by atoms with Crippen molar-refractivity contribution in [2.24, 2.45) is 11.8 Å². The smallest absolute Gasteiger partial charge is 0.220 e. The van der Waals surface area contributed by atoms with Crippen LogP contribution in [0, 0.1) is 11.8 Å². The van der Waals surface area contributed by atoms with Gasteiger partial charge in [0.25, 0.3) is 0 Å². The summed E-state index contributed by atoms with van der Waals surface area (Å²) in [5, 5.41) is 14.3.